The fourth-order valence-corrected chi connectivity index (χ4v) is 1.88. The van der Waals surface area contributed by atoms with E-state index in [-0.39, 0.29) is 18.3 Å². The summed E-state index contributed by atoms with van der Waals surface area (Å²) in [6.45, 7) is 7.01. The number of hydrogen-bond acceptors (Lipinski definition) is 3. The minimum Gasteiger partial charge on any atom is -0.508 e. The third-order valence-electron chi connectivity index (χ3n) is 3.33. The van der Waals surface area contributed by atoms with Crippen molar-refractivity contribution >= 4 is 17.3 Å². The molecule has 0 saturated heterocycles. The molecule has 0 heterocycles. The Kier molecular flexibility index (Phi) is 8.30. The number of amides is 1. The first-order valence-electron chi connectivity index (χ1n) is 7.94. The summed E-state index contributed by atoms with van der Waals surface area (Å²) in [6, 6.07) is 15.6. The molecule has 0 aliphatic rings. The highest BCUT2D eigenvalue weighted by Crippen LogP contribution is 2.28. The summed E-state index contributed by atoms with van der Waals surface area (Å²) < 4.78 is 0. The van der Waals surface area contributed by atoms with Crippen LogP contribution in [0, 0.1) is 5.92 Å². The lowest BCUT2D eigenvalue weighted by atomic mass is 10.1. The number of anilines is 2. The van der Waals surface area contributed by atoms with Gasteiger partial charge < -0.3 is 10.2 Å². The van der Waals surface area contributed by atoms with Crippen LogP contribution in [0.25, 0.3) is 0 Å². The maximum Gasteiger partial charge on any atom is 0.236 e. The molecule has 0 aliphatic carbocycles. The SMILES string of the molecule is C=CCC.CC(CO)C(=O)N(c1ccccc1)c1ccc(O)cc1. The van der Waals surface area contributed by atoms with Crippen LogP contribution in [-0.4, -0.2) is 22.7 Å². The second-order valence-corrected chi connectivity index (χ2v) is 5.31. The average Bonchev–Trinajstić information content (AvgIpc) is 2.63. The molecule has 0 aromatic heterocycles. The lowest BCUT2D eigenvalue weighted by Gasteiger charge is -2.25. The molecule has 0 saturated carbocycles. The highest BCUT2D eigenvalue weighted by atomic mass is 16.3. The van der Waals surface area contributed by atoms with Crippen LogP contribution >= 0.6 is 0 Å². The fourth-order valence-electron chi connectivity index (χ4n) is 1.88. The molecule has 4 heteroatoms. The summed E-state index contributed by atoms with van der Waals surface area (Å²) in [5, 5.41) is 18.6. The van der Waals surface area contributed by atoms with Gasteiger partial charge in [-0.2, -0.15) is 0 Å². The van der Waals surface area contributed by atoms with E-state index < -0.39 is 5.92 Å². The van der Waals surface area contributed by atoms with Crippen LogP contribution in [0.2, 0.25) is 0 Å². The van der Waals surface area contributed by atoms with Gasteiger partial charge in [0, 0.05) is 11.4 Å². The number of carbonyl (C=O) groups is 1. The molecular weight excluding hydrogens is 302 g/mol. The minimum absolute atomic E-state index is 0.143. The summed E-state index contributed by atoms with van der Waals surface area (Å²) in [5.41, 5.74) is 1.38. The van der Waals surface area contributed by atoms with E-state index in [1.165, 1.54) is 12.1 Å². The Balaban J connectivity index is 0.000000648. The molecule has 24 heavy (non-hydrogen) atoms. The molecule has 0 aliphatic heterocycles. The van der Waals surface area contributed by atoms with Crippen LogP contribution < -0.4 is 4.90 Å². The van der Waals surface area contributed by atoms with E-state index in [4.69, 9.17) is 0 Å². The number of phenolic OH excluding ortho intramolecular Hbond substituents is 1. The Labute approximate surface area is 143 Å². The molecule has 2 aromatic rings. The highest BCUT2D eigenvalue weighted by molar-refractivity contribution is 6.01. The molecule has 0 fully saturated rings. The van der Waals surface area contributed by atoms with Crippen molar-refractivity contribution < 1.29 is 15.0 Å². The molecular formula is C20H25NO3. The van der Waals surface area contributed by atoms with Gasteiger partial charge in [-0.25, -0.2) is 0 Å². The van der Waals surface area contributed by atoms with Crippen LogP contribution in [0.15, 0.2) is 67.3 Å². The first-order chi connectivity index (χ1) is 11.5. The van der Waals surface area contributed by atoms with E-state index >= 15 is 0 Å². The summed E-state index contributed by atoms with van der Waals surface area (Å²) in [6.07, 6.45) is 2.96. The summed E-state index contributed by atoms with van der Waals surface area (Å²) >= 11 is 0. The number of rotatable bonds is 5. The largest absolute Gasteiger partial charge is 0.508 e. The number of allylic oxidation sites excluding steroid dienone is 1. The quantitative estimate of drug-likeness (QED) is 0.806. The van der Waals surface area contributed by atoms with Gasteiger partial charge in [-0.15, -0.1) is 6.58 Å². The molecule has 0 spiro atoms. The van der Waals surface area contributed by atoms with Gasteiger partial charge in [0.2, 0.25) is 5.91 Å². The van der Waals surface area contributed by atoms with Crippen LogP contribution in [0.5, 0.6) is 5.75 Å². The van der Waals surface area contributed by atoms with E-state index in [2.05, 4.69) is 13.5 Å². The predicted octanol–water partition coefficient (Wildman–Crippen LogP) is 4.27. The maximum absolute atomic E-state index is 12.5. The maximum atomic E-state index is 12.5. The number of nitrogens with zero attached hydrogens (tertiary/aromatic N) is 1. The number of aliphatic hydroxyl groups excluding tert-OH is 1. The standard InChI is InChI=1S/C16H17NO3.C4H8/c1-12(11-18)16(20)17(13-5-3-2-4-6-13)14-7-9-15(19)10-8-14;1-3-4-2/h2-10,12,18-19H,11H2,1H3;3H,1,4H2,2H3. The van der Waals surface area contributed by atoms with Crippen molar-refractivity contribution in [2.45, 2.75) is 20.3 Å². The molecule has 2 rings (SSSR count). The molecule has 2 N–H and O–H groups in total. The Hall–Kier alpha value is -2.59. The molecule has 1 amide bonds. The highest BCUT2D eigenvalue weighted by Gasteiger charge is 2.22. The number of aromatic hydroxyl groups is 1. The van der Waals surface area contributed by atoms with Crippen molar-refractivity contribution in [2.24, 2.45) is 5.92 Å². The van der Waals surface area contributed by atoms with Crippen molar-refractivity contribution in [1.29, 1.82) is 0 Å². The number of phenols is 1. The topological polar surface area (TPSA) is 60.8 Å². The van der Waals surface area contributed by atoms with Crippen LogP contribution in [0.3, 0.4) is 0 Å². The van der Waals surface area contributed by atoms with Crippen LogP contribution in [-0.2, 0) is 4.79 Å². The van der Waals surface area contributed by atoms with Crippen LogP contribution in [0.4, 0.5) is 11.4 Å². The van der Waals surface area contributed by atoms with Gasteiger partial charge >= 0.3 is 0 Å². The summed E-state index contributed by atoms with van der Waals surface area (Å²) in [5.74, 6) is -0.544. The van der Waals surface area contributed by atoms with Gasteiger partial charge in [0.05, 0.1) is 12.5 Å². The minimum atomic E-state index is -0.496. The van der Waals surface area contributed by atoms with E-state index in [0.29, 0.717) is 5.69 Å². The van der Waals surface area contributed by atoms with E-state index in [1.807, 2.05) is 36.4 Å². The molecule has 2 aromatic carbocycles. The van der Waals surface area contributed by atoms with Gasteiger partial charge in [-0.05, 0) is 42.8 Å². The van der Waals surface area contributed by atoms with Gasteiger partial charge in [0.15, 0.2) is 0 Å². The van der Waals surface area contributed by atoms with Gasteiger partial charge in [0.1, 0.15) is 5.75 Å². The van der Waals surface area contributed by atoms with Gasteiger partial charge in [0.25, 0.3) is 0 Å². The molecule has 1 unspecified atom stereocenters. The molecule has 0 bridgehead atoms. The zero-order valence-electron chi connectivity index (χ0n) is 14.2. The number of carbonyl (C=O) groups excluding carboxylic acids is 1. The Morgan fingerprint density at radius 1 is 1.12 bits per heavy atom. The molecule has 128 valence electrons. The van der Waals surface area contributed by atoms with Crippen molar-refractivity contribution in [1.82, 2.24) is 0 Å². The summed E-state index contributed by atoms with van der Waals surface area (Å²) in [7, 11) is 0. The smallest absolute Gasteiger partial charge is 0.236 e. The Morgan fingerprint density at radius 2 is 1.62 bits per heavy atom. The number of aliphatic hydroxyl groups is 1. The average molecular weight is 327 g/mol. The third kappa shape index (κ3) is 5.56. The molecule has 4 nitrogen and oxygen atoms in total. The van der Waals surface area contributed by atoms with E-state index in [9.17, 15) is 15.0 Å². The van der Waals surface area contributed by atoms with Crippen molar-refractivity contribution in [3.63, 3.8) is 0 Å². The number of hydrogen-bond donors (Lipinski definition) is 2. The normalized spacial score (nSPS) is 11.0. The second-order valence-electron chi connectivity index (χ2n) is 5.31. The lowest BCUT2D eigenvalue weighted by Crippen LogP contribution is -2.32. The van der Waals surface area contributed by atoms with Gasteiger partial charge in [-0.3, -0.25) is 9.69 Å². The van der Waals surface area contributed by atoms with Crippen molar-refractivity contribution in [2.75, 3.05) is 11.5 Å². The summed E-state index contributed by atoms with van der Waals surface area (Å²) in [4.78, 5) is 14.0. The van der Waals surface area contributed by atoms with Gasteiger partial charge in [-0.1, -0.05) is 38.1 Å². The molecule has 0 radical (unpaired) electrons. The van der Waals surface area contributed by atoms with E-state index in [0.717, 1.165) is 12.1 Å². The number of para-hydroxylation sites is 1. The van der Waals surface area contributed by atoms with Crippen LogP contribution in [0.1, 0.15) is 20.3 Å². The van der Waals surface area contributed by atoms with Crippen molar-refractivity contribution in [3.05, 3.63) is 67.3 Å². The monoisotopic (exact) mass is 327 g/mol. The first kappa shape index (κ1) is 19.5. The predicted molar refractivity (Wildman–Crippen MR) is 98.4 cm³/mol. The lowest BCUT2D eigenvalue weighted by molar-refractivity contribution is -0.122. The third-order valence-corrected chi connectivity index (χ3v) is 3.33. The Bertz CT molecular complexity index is 623. The fraction of sp³-hybridized carbons (Fsp3) is 0.250. The number of benzene rings is 2. The van der Waals surface area contributed by atoms with Crippen molar-refractivity contribution in [3.8, 4) is 5.75 Å². The zero-order chi connectivity index (χ0) is 17.9. The van der Waals surface area contributed by atoms with E-state index in [1.54, 1.807) is 24.0 Å². The second kappa shape index (κ2) is 10.2. The zero-order valence-corrected chi connectivity index (χ0v) is 14.2. The first-order valence-corrected chi connectivity index (χ1v) is 7.94. The Morgan fingerprint density at radius 3 is 2.08 bits per heavy atom. The molecule has 1 atom stereocenters.